The monoisotopic (exact) mass is 476 g/mol. The van der Waals surface area contributed by atoms with E-state index in [4.69, 9.17) is 4.74 Å². The van der Waals surface area contributed by atoms with Crippen molar-refractivity contribution in [3.63, 3.8) is 0 Å². The molecule has 1 aliphatic heterocycles. The molecule has 1 fully saturated rings. The highest BCUT2D eigenvalue weighted by Gasteiger charge is 2.30. The van der Waals surface area contributed by atoms with Crippen LogP contribution in [0.15, 0.2) is 4.99 Å². The van der Waals surface area contributed by atoms with E-state index in [9.17, 15) is 8.42 Å². The summed E-state index contributed by atoms with van der Waals surface area (Å²) in [6, 6.07) is 0. The first-order chi connectivity index (χ1) is 10.9. The van der Waals surface area contributed by atoms with Crippen LogP contribution in [0.1, 0.15) is 40.5 Å². The van der Waals surface area contributed by atoms with Crippen LogP contribution in [-0.2, 0) is 14.8 Å². The molecular weight excluding hydrogens is 443 g/mol. The molecule has 0 aromatic rings. The largest absolute Gasteiger partial charge is 0.373 e. The van der Waals surface area contributed by atoms with Gasteiger partial charge in [-0.2, -0.15) is 4.31 Å². The van der Waals surface area contributed by atoms with E-state index in [0.717, 1.165) is 25.9 Å². The maximum absolute atomic E-state index is 12.4. The Morgan fingerprint density at radius 2 is 1.83 bits per heavy atom. The summed E-state index contributed by atoms with van der Waals surface area (Å²) < 4.78 is 32.0. The van der Waals surface area contributed by atoms with Gasteiger partial charge in [-0.25, -0.2) is 8.42 Å². The molecule has 1 rings (SSSR count). The molecule has 0 aromatic carbocycles. The highest BCUT2D eigenvalue weighted by atomic mass is 127. The number of hydrogen-bond acceptors (Lipinski definition) is 4. The summed E-state index contributed by atoms with van der Waals surface area (Å²) in [6.45, 7) is 10.6. The second-order valence-corrected chi connectivity index (χ2v) is 8.02. The minimum absolute atomic E-state index is 0. The second-order valence-electron chi connectivity index (χ2n) is 5.93. The summed E-state index contributed by atoms with van der Waals surface area (Å²) in [5, 5.41) is 6.23. The fourth-order valence-corrected chi connectivity index (χ4v) is 3.97. The molecule has 0 amide bonds. The lowest BCUT2D eigenvalue weighted by molar-refractivity contribution is -0.0440. The van der Waals surface area contributed by atoms with Crippen molar-refractivity contribution in [2.24, 2.45) is 4.99 Å². The summed E-state index contributed by atoms with van der Waals surface area (Å²) in [5.41, 5.74) is 0. The van der Waals surface area contributed by atoms with E-state index >= 15 is 0 Å². The number of sulfonamides is 1. The quantitative estimate of drug-likeness (QED) is 0.240. The van der Waals surface area contributed by atoms with Crippen molar-refractivity contribution in [1.29, 1.82) is 0 Å². The zero-order valence-electron chi connectivity index (χ0n) is 15.2. The maximum Gasteiger partial charge on any atom is 0.216 e. The molecule has 0 spiro atoms. The molecule has 2 atom stereocenters. The Morgan fingerprint density at radius 3 is 2.38 bits per heavy atom. The van der Waals surface area contributed by atoms with Gasteiger partial charge in [0.25, 0.3) is 0 Å². The number of rotatable bonds is 8. The van der Waals surface area contributed by atoms with E-state index in [-0.39, 0.29) is 41.9 Å². The van der Waals surface area contributed by atoms with Crippen LogP contribution in [0.4, 0.5) is 0 Å². The van der Waals surface area contributed by atoms with Crippen molar-refractivity contribution in [2.75, 3.05) is 38.5 Å². The first-order valence-electron chi connectivity index (χ1n) is 8.54. The molecule has 1 saturated heterocycles. The van der Waals surface area contributed by atoms with Crippen molar-refractivity contribution in [2.45, 2.75) is 52.7 Å². The third-order valence-corrected chi connectivity index (χ3v) is 5.36. The fourth-order valence-electron chi connectivity index (χ4n) is 2.48. The third-order valence-electron chi connectivity index (χ3n) is 3.56. The molecule has 0 radical (unpaired) electrons. The lowest BCUT2D eigenvalue weighted by atomic mass is 10.3. The molecule has 0 bridgehead atoms. The van der Waals surface area contributed by atoms with Crippen molar-refractivity contribution in [1.82, 2.24) is 14.9 Å². The molecule has 1 aliphatic rings. The normalized spacial score (nSPS) is 22.8. The Labute approximate surface area is 164 Å². The summed E-state index contributed by atoms with van der Waals surface area (Å²) in [5.74, 6) is 0.741. The number of unbranched alkanes of at least 4 members (excludes halogenated alkanes) is 1. The van der Waals surface area contributed by atoms with Crippen LogP contribution in [0.5, 0.6) is 0 Å². The van der Waals surface area contributed by atoms with Crippen LogP contribution in [0.3, 0.4) is 0 Å². The van der Waals surface area contributed by atoms with Gasteiger partial charge in [-0.15, -0.1) is 24.0 Å². The Bertz CT molecular complexity index is 463. The molecule has 2 unspecified atom stereocenters. The zero-order valence-corrected chi connectivity index (χ0v) is 18.4. The van der Waals surface area contributed by atoms with Crippen molar-refractivity contribution < 1.29 is 13.2 Å². The summed E-state index contributed by atoms with van der Waals surface area (Å²) in [6.07, 6.45) is 1.99. The first-order valence-corrected chi connectivity index (χ1v) is 10.1. The SMILES string of the molecule is CCCCN=C(NCC)NCCS(=O)(=O)N1CC(C)OC(C)C1.I. The maximum atomic E-state index is 12.4. The standard InChI is InChI=1S/C15H32N4O3S.HI/c1-5-7-8-17-15(16-6-2)18-9-10-23(20,21)19-11-13(3)22-14(4)12-19;/h13-14H,5-12H2,1-4H3,(H2,16,17,18);1H. The van der Waals surface area contributed by atoms with Crippen LogP contribution in [0, 0.1) is 0 Å². The van der Waals surface area contributed by atoms with Crippen LogP contribution >= 0.6 is 24.0 Å². The van der Waals surface area contributed by atoms with Gasteiger partial charge in [0.1, 0.15) is 0 Å². The number of aliphatic imine (C=N–C) groups is 1. The average molecular weight is 476 g/mol. The summed E-state index contributed by atoms with van der Waals surface area (Å²) in [4.78, 5) is 4.43. The van der Waals surface area contributed by atoms with Crippen molar-refractivity contribution >= 4 is 40.0 Å². The Kier molecular flexibility index (Phi) is 12.2. The molecule has 0 aliphatic carbocycles. The van der Waals surface area contributed by atoms with Crippen LogP contribution in [0.25, 0.3) is 0 Å². The summed E-state index contributed by atoms with van der Waals surface area (Å²) >= 11 is 0. The fraction of sp³-hybridized carbons (Fsp3) is 0.933. The predicted molar refractivity (Wildman–Crippen MR) is 110 cm³/mol. The zero-order chi connectivity index (χ0) is 17.3. The Hall–Kier alpha value is -0.130. The van der Waals surface area contributed by atoms with Crippen LogP contribution in [-0.4, -0.2) is 69.4 Å². The topological polar surface area (TPSA) is 83.0 Å². The minimum atomic E-state index is -3.28. The van der Waals surface area contributed by atoms with E-state index in [1.165, 1.54) is 4.31 Å². The number of ether oxygens (including phenoxy) is 1. The molecule has 0 saturated carbocycles. The third kappa shape index (κ3) is 8.82. The molecule has 24 heavy (non-hydrogen) atoms. The first kappa shape index (κ1) is 23.9. The molecule has 0 aromatic heterocycles. The van der Waals surface area contributed by atoms with Crippen LogP contribution in [0.2, 0.25) is 0 Å². The average Bonchev–Trinajstić information content (AvgIpc) is 2.46. The van der Waals surface area contributed by atoms with Gasteiger partial charge in [-0.05, 0) is 27.2 Å². The van der Waals surface area contributed by atoms with E-state index in [1.54, 1.807) is 0 Å². The number of guanidine groups is 1. The molecule has 9 heteroatoms. The van der Waals surface area contributed by atoms with Gasteiger partial charge in [-0.3, -0.25) is 4.99 Å². The smallest absolute Gasteiger partial charge is 0.216 e. The second kappa shape index (κ2) is 12.3. The van der Waals surface area contributed by atoms with E-state index in [0.29, 0.717) is 25.6 Å². The lowest BCUT2D eigenvalue weighted by Gasteiger charge is -2.34. The van der Waals surface area contributed by atoms with Gasteiger partial charge in [0.15, 0.2) is 5.96 Å². The number of morpholine rings is 1. The van der Waals surface area contributed by atoms with Crippen molar-refractivity contribution in [3.8, 4) is 0 Å². The molecular formula is C15H33IN4O3S. The van der Waals surface area contributed by atoms with Gasteiger partial charge >= 0.3 is 0 Å². The number of halogens is 1. The number of nitrogens with zero attached hydrogens (tertiary/aromatic N) is 2. The van der Waals surface area contributed by atoms with Gasteiger partial charge in [-0.1, -0.05) is 13.3 Å². The molecule has 2 N–H and O–H groups in total. The Morgan fingerprint density at radius 1 is 1.21 bits per heavy atom. The number of nitrogens with one attached hydrogen (secondary N) is 2. The van der Waals surface area contributed by atoms with Crippen molar-refractivity contribution in [3.05, 3.63) is 0 Å². The highest BCUT2D eigenvalue weighted by Crippen LogP contribution is 2.14. The van der Waals surface area contributed by atoms with E-state index in [2.05, 4.69) is 22.5 Å². The van der Waals surface area contributed by atoms with Gasteiger partial charge in [0.2, 0.25) is 10.0 Å². The molecule has 7 nitrogen and oxygen atoms in total. The van der Waals surface area contributed by atoms with Crippen LogP contribution < -0.4 is 10.6 Å². The van der Waals surface area contributed by atoms with E-state index < -0.39 is 10.0 Å². The van der Waals surface area contributed by atoms with E-state index in [1.807, 2.05) is 20.8 Å². The number of hydrogen-bond donors (Lipinski definition) is 2. The summed E-state index contributed by atoms with van der Waals surface area (Å²) in [7, 11) is -3.28. The highest BCUT2D eigenvalue weighted by molar-refractivity contribution is 14.0. The molecule has 1 heterocycles. The Balaban J connectivity index is 0.00000529. The minimum Gasteiger partial charge on any atom is -0.373 e. The van der Waals surface area contributed by atoms with Gasteiger partial charge in [0, 0.05) is 32.7 Å². The van der Waals surface area contributed by atoms with Gasteiger partial charge < -0.3 is 15.4 Å². The lowest BCUT2D eigenvalue weighted by Crippen LogP contribution is -2.50. The van der Waals surface area contributed by atoms with Gasteiger partial charge in [0.05, 0.1) is 18.0 Å². The molecule has 144 valence electrons. The predicted octanol–water partition coefficient (Wildman–Crippen LogP) is 1.40.